The normalized spacial score (nSPS) is 14.2. The van der Waals surface area contributed by atoms with Crippen molar-refractivity contribution in [2.45, 2.75) is 44.9 Å². The van der Waals surface area contributed by atoms with Gasteiger partial charge in [-0.25, -0.2) is 4.68 Å². The van der Waals surface area contributed by atoms with Crippen molar-refractivity contribution in [2.24, 2.45) is 11.7 Å². The molecule has 5 rings (SSSR count). The van der Waals surface area contributed by atoms with Crippen molar-refractivity contribution in [2.75, 3.05) is 11.9 Å². The molecule has 4 N–H and O–H groups in total. The first-order valence-corrected chi connectivity index (χ1v) is 13.5. The summed E-state index contributed by atoms with van der Waals surface area (Å²) in [5.74, 6) is -0.0330. The minimum atomic E-state index is -4.71. The molecule has 4 aromatic rings. The van der Waals surface area contributed by atoms with E-state index in [9.17, 15) is 18.0 Å². The zero-order valence-corrected chi connectivity index (χ0v) is 22.2. The fraction of sp³-hybridized carbons (Fsp3) is 0.290. The van der Waals surface area contributed by atoms with E-state index in [4.69, 9.17) is 5.73 Å². The summed E-state index contributed by atoms with van der Waals surface area (Å²) >= 11 is 0. The molecule has 1 amide bonds. The van der Waals surface area contributed by atoms with Gasteiger partial charge in [-0.1, -0.05) is 55.5 Å². The lowest BCUT2D eigenvalue weighted by Crippen LogP contribution is -2.25. The Labute approximate surface area is 231 Å². The number of hydrogen-bond donors (Lipinski definition) is 3. The van der Waals surface area contributed by atoms with E-state index in [1.165, 1.54) is 18.4 Å². The summed E-state index contributed by atoms with van der Waals surface area (Å²) in [7, 11) is 0. The van der Waals surface area contributed by atoms with Gasteiger partial charge in [0, 0.05) is 18.3 Å². The number of nitrogens with two attached hydrogens (primary N) is 1. The Kier molecular flexibility index (Phi) is 8.04. The summed E-state index contributed by atoms with van der Waals surface area (Å²) in [6.07, 6.45) is -1.36. The Morgan fingerprint density at radius 3 is 2.40 bits per heavy atom. The first kappa shape index (κ1) is 27.6. The van der Waals surface area contributed by atoms with E-state index in [-0.39, 0.29) is 18.3 Å². The van der Waals surface area contributed by atoms with Crippen LogP contribution in [0, 0.1) is 5.92 Å². The second kappa shape index (κ2) is 11.7. The number of carbonyl (C=O) groups is 1. The van der Waals surface area contributed by atoms with Crippen LogP contribution in [0.5, 0.6) is 0 Å². The standard InChI is InChI=1S/C31H32F3N5O/c1-2-20-6-3-8-23(14-20)29(36-19-21-12-13-21)24-9-5-10-25(16-24)37-30(40)27-17-28(31(32,33)34)38-39(27)26-11-4-7-22(15-26)18-35/h3-11,14-17,21,29,36H,2,12-13,18-19,35H2,1H3,(H,37,40). The highest BCUT2D eigenvalue weighted by molar-refractivity contribution is 6.03. The molecule has 9 heteroatoms. The van der Waals surface area contributed by atoms with Crippen LogP contribution in [-0.2, 0) is 19.1 Å². The largest absolute Gasteiger partial charge is 0.435 e. The molecular weight excluding hydrogens is 515 g/mol. The molecule has 1 aliphatic carbocycles. The van der Waals surface area contributed by atoms with Crippen molar-refractivity contribution >= 4 is 11.6 Å². The number of alkyl halides is 3. The number of aromatic nitrogens is 2. The molecule has 1 heterocycles. The van der Waals surface area contributed by atoms with Crippen molar-refractivity contribution in [1.29, 1.82) is 0 Å². The van der Waals surface area contributed by atoms with Gasteiger partial charge in [-0.05, 0) is 78.2 Å². The number of anilines is 1. The van der Waals surface area contributed by atoms with Crippen molar-refractivity contribution in [3.8, 4) is 5.69 Å². The van der Waals surface area contributed by atoms with Crippen molar-refractivity contribution in [3.63, 3.8) is 0 Å². The molecule has 0 aliphatic heterocycles. The third-order valence-corrected chi connectivity index (χ3v) is 7.10. The molecule has 3 aromatic carbocycles. The van der Waals surface area contributed by atoms with Crippen molar-refractivity contribution < 1.29 is 18.0 Å². The highest BCUT2D eigenvalue weighted by atomic mass is 19.4. The van der Waals surface area contributed by atoms with Crippen LogP contribution >= 0.6 is 0 Å². The third kappa shape index (κ3) is 6.43. The Morgan fingerprint density at radius 2 is 1.70 bits per heavy atom. The lowest BCUT2D eigenvalue weighted by atomic mass is 9.96. The van der Waals surface area contributed by atoms with Crippen molar-refractivity contribution in [1.82, 2.24) is 15.1 Å². The van der Waals surface area contributed by atoms with Crippen LogP contribution in [0.25, 0.3) is 5.69 Å². The number of nitrogens with one attached hydrogen (secondary N) is 2. The molecular formula is C31H32F3N5O. The van der Waals surface area contributed by atoms with Crippen LogP contribution < -0.4 is 16.4 Å². The summed E-state index contributed by atoms with van der Waals surface area (Å²) in [6.45, 7) is 3.20. The summed E-state index contributed by atoms with van der Waals surface area (Å²) in [5.41, 5.74) is 9.14. The zero-order valence-electron chi connectivity index (χ0n) is 22.2. The van der Waals surface area contributed by atoms with E-state index in [2.05, 4.69) is 40.9 Å². The fourth-order valence-corrected chi connectivity index (χ4v) is 4.71. The Balaban J connectivity index is 1.45. The zero-order chi connectivity index (χ0) is 28.3. The fourth-order valence-electron chi connectivity index (χ4n) is 4.71. The molecule has 208 valence electrons. The summed E-state index contributed by atoms with van der Waals surface area (Å²) < 4.78 is 41.8. The second-order valence-corrected chi connectivity index (χ2v) is 10.2. The van der Waals surface area contributed by atoms with E-state index < -0.39 is 17.8 Å². The molecule has 0 saturated heterocycles. The number of rotatable bonds is 10. The molecule has 1 fully saturated rings. The first-order valence-electron chi connectivity index (χ1n) is 13.5. The Hall–Kier alpha value is -3.95. The monoisotopic (exact) mass is 547 g/mol. The number of amides is 1. The van der Waals surface area contributed by atoms with Crippen LogP contribution in [-0.4, -0.2) is 22.2 Å². The number of hydrogen-bond acceptors (Lipinski definition) is 4. The van der Waals surface area contributed by atoms with Gasteiger partial charge in [0.25, 0.3) is 5.91 Å². The van der Waals surface area contributed by atoms with Crippen LogP contribution in [0.2, 0.25) is 0 Å². The lowest BCUT2D eigenvalue weighted by Gasteiger charge is -2.21. The van der Waals surface area contributed by atoms with E-state index in [0.29, 0.717) is 22.9 Å². The molecule has 0 bridgehead atoms. The van der Waals surface area contributed by atoms with Crippen LogP contribution in [0.4, 0.5) is 18.9 Å². The van der Waals surface area contributed by atoms with Gasteiger partial charge < -0.3 is 16.4 Å². The van der Waals surface area contributed by atoms with Gasteiger partial charge in [-0.3, -0.25) is 4.79 Å². The number of halogens is 3. The summed E-state index contributed by atoms with van der Waals surface area (Å²) in [6, 6.07) is 23.1. The Morgan fingerprint density at radius 1 is 1.00 bits per heavy atom. The maximum atomic E-state index is 13.6. The van der Waals surface area contributed by atoms with E-state index >= 15 is 0 Å². The number of carbonyl (C=O) groups excluding carboxylic acids is 1. The van der Waals surface area contributed by atoms with Crippen LogP contribution in [0.3, 0.4) is 0 Å². The SMILES string of the molecule is CCc1cccc(C(NCC2CC2)c2cccc(NC(=O)c3cc(C(F)(F)F)nn3-c3cccc(CN)c3)c2)c1. The van der Waals surface area contributed by atoms with Gasteiger partial charge in [0.2, 0.25) is 0 Å². The molecule has 1 saturated carbocycles. The Bertz CT molecular complexity index is 1490. The third-order valence-electron chi connectivity index (χ3n) is 7.10. The van der Waals surface area contributed by atoms with Gasteiger partial charge >= 0.3 is 6.18 Å². The van der Waals surface area contributed by atoms with Gasteiger partial charge in [0.1, 0.15) is 5.69 Å². The average Bonchev–Trinajstić information content (AvgIpc) is 3.66. The topological polar surface area (TPSA) is 85.0 Å². The molecule has 40 heavy (non-hydrogen) atoms. The van der Waals surface area contributed by atoms with E-state index in [1.807, 2.05) is 24.3 Å². The van der Waals surface area contributed by atoms with Crippen LogP contribution in [0.1, 0.15) is 64.2 Å². The highest BCUT2D eigenvalue weighted by Crippen LogP contribution is 2.32. The number of benzene rings is 3. The second-order valence-electron chi connectivity index (χ2n) is 10.2. The molecule has 1 atom stereocenters. The maximum absolute atomic E-state index is 13.6. The summed E-state index contributed by atoms with van der Waals surface area (Å²) in [5, 5.41) is 10.2. The first-order chi connectivity index (χ1) is 19.2. The minimum Gasteiger partial charge on any atom is -0.326 e. The molecule has 1 aromatic heterocycles. The van der Waals surface area contributed by atoms with E-state index in [0.717, 1.165) is 34.8 Å². The van der Waals surface area contributed by atoms with Gasteiger partial charge in [-0.2, -0.15) is 18.3 Å². The van der Waals surface area contributed by atoms with E-state index in [1.54, 1.807) is 30.3 Å². The van der Waals surface area contributed by atoms with Gasteiger partial charge in [0.15, 0.2) is 5.69 Å². The maximum Gasteiger partial charge on any atom is 0.435 e. The lowest BCUT2D eigenvalue weighted by molar-refractivity contribution is -0.141. The smallest absolute Gasteiger partial charge is 0.326 e. The number of nitrogens with zero attached hydrogens (tertiary/aromatic N) is 2. The van der Waals surface area contributed by atoms with Gasteiger partial charge in [-0.15, -0.1) is 0 Å². The quantitative estimate of drug-likeness (QED) is 0.219. The van der Waals surface area contributed by atoms with Crippen LogP contribution in [0.15, 0.2) is 78.9 Å². The number of aryl methyl sites for hydroxylation is 1. The molecule has 0 radical (unpaired) electrons. The molecule has 1 unspecified atom stereocenters. The predicted octanol–water partition coefficient (Wildman–Crippen LogP) is 6.25. The highest BCUT2D eigenvalue weighted by Gasteiger charge is 2.36. The molecule has 1 aliphatic rings. The minimum absolute atomic E-state index is 0.0923. The predicted molar refractivity (Wildman–Crippen MR) is 149 cm³/mol. The average molecular weight is 548 g/mol. The molecule has 0 spiro atoms. The van der Waals surface area contributed by atoms with Gasteiger partial charge in [0.05, 0.1) is 11.7 Å². The molecule has 6 nitrogen and oxygen atoms in total. The van der Waals surface area contributed by atoms with Crippen molar-refractivity contribution in [3.05, 3.63) is 113 Å². The summed E-state index contributed by atoms with van der Waals surface area (Å²) in [4.78, 5) is 13.4.